The lowest BCUT2D eigenvalue weighted by molar-refractivity contribution is -0.384. The highest BCUT2D eigenvalue weighted by atomic mass is 32.2. The van der Waals surface area contributed by atoms with Crippen molar-refractivity contribution in [2.45, 2.75) is 23.6 Å². The van der Waals surface area contributed by atoms with Gasteiger partial charge in [0.15, 0.2) is 5.11 Å². The molecule has 1 aliphatic rings. The second kappa shape index (κ2) is 8.37. The monoisotopic (exact) mass is 450 g/mol. The van der Waals surface area contributed by atoms with Crippen LogP contribution in [-0.2, 0) is 4.79 Å². The summed E-state index contributed by atoms with van der Waals surface area (Å²) in [7, 11) is 0. The van der Waals surface area contributed by atoms with Gasteiger partial charge in [-0.3, -0.25) is 20.2 Å². The second-order valence-corrected chi connectivity index (χ2v) is 8.53. The molecule has 9 heteroatoms. The number of carbonyl (C=O) groups is 1. The maximum absolute atomic E-state index is 11.9. The van der Waals surface area contributed by atoms with Crippen LogP contribution >= 0.6 is 24.0 Å². The number of carbonyl (C=O) groups excluding carboxylic acids is 1. The van der Waals surface area contributed by atoms with E-state index < -0.39 is 4.92 Å². The van der Waals surface area contributed by atoms with Gasteiger partial charge in [0, 0.05) is 39.0 Å². The van der Waals surface area contributed by atoms with Crippen LogP contribution in [0.25, 0.3) is 11.8 Å². The van der Waals surface area contributed by atoms with Gasteiger partial charge in [-0.1, -0.05) is 11.8 Å². The molecule has 0 atom stereocenters. The number of benzene rings is 2. The highest BCUT2D eigenvalue weighted by Gasteiger charge is 2.21. The van der Waals surface area contributed by atoms with Gasteiger partial charge >= 0.3 is 0 Å². The fourth-order valence-electron chi connectivity index (χ4n) is 3.40. The van der Waals surface area contributed by atoms with E-state index in [9.17, 15) is 14.9 Å². The number of nitro benzene ring substituents is 1. The zero-order valence-electron chi connectivity index (χ0n) is 16.7. The van der Waals surface area contributed by atoms with Gasteiger partial charge in [0.05, 0.1) is 4.92 Å². The van der Waals surface area contributed by atoms with Crippen LogP contribution in [0.3, 0.4) is 0 Å². The third-order valence-corrected chi connectivity index (χ3v) is 6.09. The molecule has 0 aliphatic carbocycles. The summed E-state index contributed by atoms with van der Waals surface area (Å²) in [4.78, 5) is 24.3. The van der Waals surface area contributed by atoms with E-state index in [2.05, 4.69) is 15.2 Å². The van der Waals surface area contributed by atoms with Crippen molar-refractivity contribution in [3.8, 4) is 5.69 Å². The molecule has 31 heavy (non-hydrogen) atoms. The molecule has 3 aromatic rings. The number of amides is 1. The molecule has 1 saturated heterocycles. The number of rotatable bonds is 5. The topological polar surface area (TPSA) is 89.2 Å². The van der Waals surface area contributed by atoms with E-state index >= 15 is 0 Å². The van der Waals surface area contributed by atoms with Gasteiger partial charge in [-0.25, -0.2) is 0 Å². The first-order chi connectivity index (χ1) is 14.8. The van der Waals surface area contributed by atoms with Crippen LogP contribution in [0.15, 0.2) is 70.1 Å². The SMILES string of the molecule is Cc1cc(/C=C2\NC(=S)NC2=O)c(C)n1-c1ccc(Sc2ccc([N+](=O)[O-])cc2)cc1. The molecule has 0 bridgehead atoms. The molecule has 2 N–H and O–H groups in total. The van der Waals surface area contributed by atoms with E-state index in [-0.39, 0.29) is 11.6 Å². The van der Waals surface area contributed by atoms with Crippen molar-refractivity contribution in [1.29, 1.82) is 0 Å². The van der Waals surface area contributed by atoms with Gasteiger partial charge in [0.2, 0.25) is 0 Å². The first-order valence-electron chi connectivity index (χ1n) is 9.37. The van der Waals surface area contributed by atoms with Crippen molar-refractivity contribution in [2.75, 3.05) is 0 Å². The van der Waals surface area contributed by atoms with Gasteiger partial charge in [-0.05, 0) is 80.2 Å². The first-order valence-corrected chi connectivity index (χ1v) is 10.6. The van der Waals surface area contributed by atoms with Crippen LogP contribution in [-0.4, -0.2) is 20.5 Å². The van der Waals surface area contributed by atoms with Gasteiger partial charge < -0.3 is 9.88 Å². The highest BCUT2D eigenvalue weighted by molar-refractivity contribution is 7.99. The van der Waals surface area contributed by atoms with E-state index in [1.54, 1.807) is 30.0 Å². The van der Waals surface area contributed by atoms with Crippen LogP contribution in [0.1, 0.15) is 17.0 Å². The summed E-state index contributed by atoms with van der Waals surface area (Å²) in [6.07, 6.45) is 1.80. The second-order valence-electron chi connectivity index (χ2n) is 6.98. The Bertz CT molecular complexity index is 1230. The molecule has 7 nitrogen and oxygen atoms in total. The van der Waals surface area contributed by atoms with E-state index in [1.165, 1.54) is 12.1 Å². The predicted octanol–water partition coefficient (Wildman–Crippen LogP) is 4.50. The predicted molar refractivity (Wildman–Crippen MR) is 124 cm³/mol. The van der Waals surface area contributed by atoms with Crippen LogP contribution in [0.2, 0.25) is 0 Å². The Hall–Kier alpha value is -3.43. The molecule has 0 radical (unpaired) electrons. The third kappa shape index (κ3) is 4.37. The Morgan fingerprint density at radius 3 is 2.19 bits per heavy atom. The lowest BCUT2D eigenvalue weighted by Gasteiger charge is -2.11. The van der Waals surface area contributed by atoms with E-state index in [0.29, 0.717) is 10.8 Å². The van der Waals surface area contributed by atoms with Crippen molar-refractivity contribution in [3.63, 3.8) is 0 Å². The molecular weight excluding hydrogens is 432 g/mol. The Balaban J connectivity index is 1.56. The van der Waals surface area contributed by atoms with Gasteiger partial charge in [-0.2, -0.15) is 0 Å². The quantitative estimate of drug-likeness (QED) is 0.258. The smallest absolute Gasteiger partial charge is 0.273 e. The average molecular weight is 451 g/mol. The fraction of sp³-hybridized carbons (Fsp3) is 0.0909. The molecule has 1 aliphatic heterocycles. The van der Waals surface area contributed by atoms with Crippen molar-refractivity contribution in [2.24, 2.45) is 0 Å². The minimum Gasteiger partial charge on any atom is -0.328 e. The standard InChI is InChI=1S/C22H18N4O3S2/c1-13-11-15(12-20-21(27)24-22(30)23-20)14(2)25(13)16-3-7-18(8-4-16)31-19-9-5-17(6-10-19)26(28)29/h3-12H,1-2H3,(H2,23,24,27,30)/b20-12-. The number of nitrogens with one attached hydrogen (secondary N) is 2. The number of aryl methyl sites for hydroxylation is 1. The lowest BCUT2D eigenvalue weighted by atomic mass is 10.2. The minimum atomic E-state index is -0.404. The van der Waals surface area contributed by atoms with Crippen molar-refractivity contribution in [1.82, 2.24) is 15.2 Å². The molecule has 4 rings (SSSR count). The molecule has 0 unspecified atom stereocenters. The Labute approximate surface area is 188 Å². The van der Waals surface area contributed by atoms with Crippen molar-refractivity contribution in [3.05, 3.63) is 87.4 Å². The van der Waals surface area contributed by atoms with Gasteiger partial charge in [-0.15, -0.1) is 0 Å². The van der Waals surface area contributed by atoms with Crippen LogP contribution in [0, 0.1) is 24.0 Å². The Morgan fingerprint density at radius 2 is 1.65 bits per heavy atom. The summed E-state index contributed by atoms with van der Waals surface area (Å²) >= 11 is 6.53. The fourth-order valence-corrected chi connectivity index (χ4v) is 4.42. The molecular formula is C22H18N4O3S2. The van der Waals surface area contributed by atoms with Crippen molar-refractivity contribution < 1.29 is 9.72 Å². The van der Waals surface area contributed by atoms with E-state index in [4.69, 9.17) is 12.2 Å². The minimum absolute atomic E-state index is 0.0798. The largest absolute Gasteiger partial charge is 0.328 e. The number of hydrogen-bond acceptors (Lipinski definition) is 5. The average Bonchev–Trinajstić information content (AvgIpc) is 3.20. The number of thiocarbonyl (C=S) groups is 1. The summed E-state index contributed by atoms with van der Waals surface area (Å²) in [5, 5.41) is 16.5. The molecule has 1 aromatic heterocycles. The van der Waals surface area contributed by atoms with Gasteiger partial charge in [0.25, 0.3) is 11.6 Å². The zero-order chi connectivity index (χ0) is 22.1. The Morgan fingerprint density at radius 1 is 1.03 bits per heavy atom. The zero-order valence-corrected chi connectivity index (χ0v) is 18.3. The lowest BCUT2D eigenvalue weighted by Crippen LogP contribution is -2.21. The first kappa shape index (κ1) is 20.8. The molecule has 0 spiro atoms. The number of aromatic nitrogens is 1. The summed E-state index contributed by atoms with van der Waals surface area (Å²) in [6.45, 7) is 4.02. The normalized spacial score (nSPS) is 14.6. The maximum atomic E-state index is 11.9. The molecule has 0 saturated carbocycles. The summed E-state index contributed by atoms with van der Waals surface area (Å²) in [5.74, 6) is -0.234. The molecule has 1 amide bonds. The third-order valence-electron chi connectivity index (χ3n) is 4.87. The van der Waals surface area contributed by atoms with Crippen LogP contribution < -0.4 is 10.6 Å². The van der Waals surface area contributed by atoms with Crippen LogP contribution in [0.5, 0.6) is 0 Å². The summed E-state index contributed by atoms with van der Waals surface area (Å²) in [5.41, 5.74) is 4.50. The van der Waals surface area contributed by atoms with Gasteiger partial charge in [0.1, 0.15) is 5.70 Å². The maximum Gasteiger partial charge on any atom is 0.273 e. The summed E-state index contributed by atoms with van der Waals surface area (Å²) in [6, 6.07) is 16.6. The molecule has 2 heterocycles. The number of nitrogens with zero attached hydrogens (tertiary/aromatic N) is 2. The molecule has 2 aromatic carbocycles. The van der Waals surface area contributed by atoms with Crippen LogP contribution in [0.4, 0.5) is 5.69 Å². The van der Waals surface area contributed by atoms with Crippen molar-refractivity contribution >= 4 is 46.8 Å². The highest BCUT2D eigenvalue weighted by Crippen LogP contribution is 2.30. The Kier molecular flexibility index (Phi) is 5.62. The van der Waals surface area contributed by atoms with E-state index in [1.807, 2.05) is 44.2 Å². The number of non-ortho nitro benzene ring substituents is 1. The molecule has 1 fully saturated rings. The number of nitro groups is 1. The molecule has 156 valence electrons. The summed E-state index contributed by atoms with van der Waals surface area (Å²) < 4.78 is 2.12. The number of hydrogen-bond donors (Lipinski definition) is 2. The van der Waals surface area contributed by atoms with E-state index in [0.717, 1.165) is 32.4 Å².